The van der Waals surface area contributed by atoms with Gasteiger partial charge in [0.2, 0.25) is 5.91 Å². The average Bonchev–Trinajstić information content (AvgIpc) is 3.47. The predicted molar refractivity (Wildman–Crippen MR) is 128 cm³/mol. The first-order chi connectivity index (χ1) is 16.0. The molecule has 0 saturated carbocycles. The number of benzene rings is 1. The Morgan fingerprint density at radius 3 is 2.97 bits per heavy atom. The molecule has 0 aliphatic carbocycles. The molecular formula is C24H26N6O2S. The zero-order valence-electron chi connectivity index (χ0n) is 18.7. The van der Waals surface area contributed by atoms with Crippen LogP contribution in [0.1, 0.15) is 46.8 Å². The molecule has 1 saturated heterocycles. The van der Waals surface area contributed by atoms with E-state index in [0.29, 0.717) is 31.0 Å². The highest BCUT2D eigenvalue weighted by Crippen LogP contribution is 2.25. The highest BCUT2D eigenvalue weighted by Gasteiger charge is 2.27. The van der Waals surface area contributed by atoms with E-state index in [9.17, 15) is 9.59 Å². The van der Waals surface area contributed by atoms with Gasteiger partial charge in [-0.3, -0.25) is 9.59 Å². The van der Waals surface area contributed by atoms with Crippen LogP contribution in [-0.4, -0.2) is 48.9 Å². The van der Waals surface area contributed by atoms with Crippen molar-refractivity contribution in [2.75, 3.05) is 13.1 Å². The molecule has 4 heterocycles. The summed E-state index contributed by atoms with van der Waals surface area (Å²) >= 11 is 1.60. The first-order valence-electron chi connectivity index (χ1n) is 11.2. The minimum Gasteiger partial charge on any atom is -0.342 e. The molecule has 0 bridgehead atoms. The molecule has 4 aromatic rings. The number of H-pyrrole nitrogens is 1. The lowest BCUT2D eigenvalue weighted by atomic mass is 9.96. The van der Waals surface area contributed by atoms with Crippen LogP contribution in [0.4, 0.5) is 0 Å². The molecule has 1 fully saturated rings. The van der Waals surface area contributed by atoms with Crippen LogP contribution in [0, 0.1) is 13.8 Å². The first-order valence-corrected chi connectivity index (χ1v) is 12.1. The van der Waals surface area contributed by atoms with Crippen molar-refractivity contribution in [3.63, 3.8) is 0 Å². The largest absolute Gasteiger partial charge is 0.342 e. The van der Waals surface area contributed by atoms with Gasteiger partial charge in [-0.15, -0.1) is 5.10 Å². The van der Waals surface area contributed by atoms with Crippen LogP contribution in [0.25, 0.3) is 11.2 Å². The number of aryl methyl sites for hydroxylation is 2. The summed E-state index contributed by atoms with van der Waals surface area (Å²) in [6.07, 6.45) is 2.16. The van der Waals surface area contributed by atoms with Gasteiger partial charge in [0.25, 0.3) is 5.56 Å². The number of nitrogens with one attached hydrogen (secondary N) is 1. The molecular weight excluding hydrogens is 436 g/mol. The second-order valence-corrected chi connectivity index (χ2v) is 9.57. The van der Waals surface area contributed by atoms with Crippen molar-refractivity contribution < 1.29 is 4.79 Å². The van der Waals surface area contributed by atoms with Crippen LogP contribution in [-0.2, 0) is 17.8 Å². The predicted octanol–water partition coefficient (Wildman–Crippen LogP) is 3.19. The number of nitrogens with zero attached hydrogens (tertiary/aromatic N) is 5. The molecule has 9 heteroatoms. The second-order valence-electron chi connectivity index (χ2n) is 8.79. The van der Waals surface area contributed by atoms with Crippen molar-refractivity contribution in [3.05, 3.63) is 73.5 Å². The summed E-state index contributed by atoms with van der Waals surface area (Å²) in [4.78, 5) is 35.2. The summed E-state index contributed by atoms with van der Waals surface area (Å²) < 4.78 is 1.69. The van der Waals surface area contributed by atoms with Crippen LogP contribution in [0.5, 0.6) is 0 Å². The van der Waals surface area contributed by atoms with Crippen molar-refractivity contribution in [2.24, 2.45) is 0 Å². The van der Waals surface area contributed by atoms with Gasteiger partial charge in [-0.2, -0.15) is 11.3 Å². The summed E-state index contributed by atoms with van der Waals surface area (Å²) in [5.74, 6) is 0.694. The lowest BCUT2D eigenvalue weighted by molar-refractivity contribution is -0.131. The number of hydrogen-bond acceptors (Lipinski definition) is 6. The molecule has 1 aromatic carbocycles. The Morgan fingerprint density at radius 1 is 1.27 bits per heavy atom. The SMILES string of the molecule is Cc1ccc(C)c(Cn2nnc3c(=O)[nH]c(C4CCCN(C(=O)Cc5ccsc5)C4)nc32)c1. The van der Waals surface area contributed by atoms with Crippen molar-refractivity contribution in [1.82, 2.24) is 29.9 Å². The van der Waals surface area contributed by atoms with E-state index in [1.54, 1.807) is 16.0 Å². The fourth-order valence-corrected chi connectivity index (χ4v) is 5.09. The molecule has 1 N–H and O–H groups in total. The number of carbonyl (C=O) groups is 1. The first kappa shape index (κ1) is 21.5. The minimum absolute atomic E-state index is 0.0219. The highest BCUT2D eigenvalue weighted by atomic mass is 32.1. The molecule has 0 spiro atoms. The fourth-order valence-electron chi connectivity index (χ4n) is 4.42. The van der Waals surface area contributed by atoms with E-state index in [-0.39, 0.29) is 22.9 Å². The quantitative estimate of drug-likeness (QED) is 0.491. The van der Waals surface area contributed by atoms with Crippen molar-refractivity contribution >= 4 is 28.4 Å². The third-order valence-corrected chi connectivity index (χ3v) is 7.05. The van der Waals surface area contributed by atoms with E-state index in [0.717, 1.165) is 36.1 Å². The second kappa shape index (κ2) is 8.90. The molecule has 1 unspecified atom stereocenters. The maximum atomic E-state index is 12.8. The van der Waals surface area contributed by atoms with Crippen LogP contribution in [0.3, 0.4) is 0 Å². The standard InChI is InChI=1S/C24H26N6O2S/c1-15-5-6-16(2)19(10-15)13-30-23-21(27-28-30)24(32)26-22(25-23)18-4-3-8-29(12-18)20(31)11-17-7-9-33-14-17/h5-7,9-10,14,18H,3-4,8,11-13H2,1-2H3,(H,25,26,32). The number of thiophene rings is 1. The zero-order chi connectivity index (χ0) is 22.9. The van der Waals surface area contributed by atoms with Crippen molar-refractivity contribution in [1.29, 1.82) is 0 Å². The number of amides is 1. The molecule has 5 rings (SSSR count). The topological polar surface area (TPSA) is 96.8 Å². The number of piperidine rings is 1. The van der Waals surface area contributed by atoms with E-state index in [1.807, 2.05) is 21.7 Å². The Morgan fingerprint density at radius 2 is 2.15 bits per heavy atom. The smallest absolute Gasteiger partial charge is 0.281 e. The van der Waals surface area contributed by atoms with Gasteiger partial charge in [-0.1, -0.05) is 29.0 Å². The maximum Gasteiger partial charge on any atom is 0.281 e. The molecule has 33 heavy (non-hydrogen) atoms. The van der Waals surface area contributed by atoms with Crippen LogP contribution < -0.4 is 5.56 Å². The van der Waals surface area contributed by atoms with Gasteiger partial charge in [0.1, 0.15) is 5.82 Å². The van der Waals surface area contributed by atoms with E-state index >= 15 is 0 Å². The highest BCUT2D eigenvalue weighted by molar-refractivity contribution is 7.08. The summed E-state index contributed by atoms with van der Waals surface area (Å²) in [6, 6.07) is 8.27. The van der Waals surface area contributed by atoms with Gasteiger partial charge in [0.05, 0.1) is 13.0 Å². The fraction of sp³-hybridized carbons (Fsp3) is 0.375. The van der Waals surface area contributed by atoms with Crippen molar-refractivity contribution in [2.45, 2.75) is 45.6 Å². The summed E-state index contributed by atoms with van der Waals surface area (Å²) in [5, 5.41) is 12.3. The number of aromatic nitrogens is 5. The number of carbonyl (C=O) groups excluding carboxylic acids is 1. The Bertz CT molecular complexity index is 1360. The molecule has 1 aliphatic rings. The molecule has 1 atom stereocenters. The number of rotatable bonds is 5. The maximum absolute atomic E-state index is 12.8. The lowest BCUT2D eigenvalue weighted by Crippen LogP contribution is -2.40. The molecule has 1 amide bonds. The Kier molecular flexibility index (Phi) is 5.80. The molecule has 3 aromatic heterocycles. The van der Waals surface area contributed by atoms with Gasteiger partial charge >= 0.3 is 0 Å². The number of hydrogen-bond donors (Lipinski definition) is 1. The molecule has 1 aliphatic heterocycles. The van der Waals surface area contributed by atoms with E-state index < -0.39 is 0 Å². The number of likely N-dealkylation sites (tertiary alicyclic amines) is 1. The summed E-state index contributed by atoms with van der Waals surface area (Å²) in [7, 11) is 0. The van der Waals surface area contributed by atoms with Crippen LogP contribution in [0.15, 0.2) is 39.8 Å². The number of fused-ring (bicyclic) bond motifs is 1. The van der Waals surface area contributed by atoms with Gasteiger partial charge in [-0.05, 0) is 60.2 Å². The monoisotopic (exact) mass is 462 g/mol. The lowest BCUT2D eigenvalue weighted by Gasteiger charge is -2.32. The molecule has 0 radical (unpaired) electrons. The summed E-state index contributed by atoms with van der Waals surface area (Å²) in [6.45, 7) is 5.89. The van der Waals surface area contributed by atoms with E-state index in [4.69, 9.17) is 4.98 Å². The van der Waals surface area contributed by atoms with Gasteiger partial charge in [0, 0.05) is 19.0 Å². The van der Waals surface area contributed by atoms with Gasteiger partial charge < -0.3 is 9.88 Å². The van der Waals surface area contributed by atoms with Crippen LogP contribution >= 0.6 is 11.3 Å². The number of aromatic amines is 1. The van der Waals surface area contributed by atoms with Gasteiger partial charge in [0.15, 0.2) is 11.2 Å². The minimum atomic E-state index is -0.288. The zero-order valence-corrected chi connectivity index (χ0v) is 19.6. The Balaban J connectivity index is 1.41. The van der Waals surface area contributed by atoms with Crippen LogP contribution in [0.2, 0.25) is 0 Å². The molecule has 170 valence electrons. The average molecular weight is 463 g/mol. The summed E-state index contributed by atoms with van der Waals surface area (Å²) in [5.41, 5.74) is 4.92. The van der Waals surface area contributed by atoms with E-state index in [1.165, 1.54) is 5.56 Å². The Hall–Kier alpha value is -3.33. The third kappa shape index (κ3) is 4.45. The normalized spacial score (nSPS) is 16.4. The Labute approximate surface area is 195 Å². The van der Waals surface area contributed by atoms with Gasteiger partial charge in [-0.25, -0.2) is 9.67 Å². The third-order valence-electron chi connectivity index (χ3n) is 6.31. The van der Waals surface area contributed by atoms with E-state index in [2.05, 4.69) is 47.3 Å². The molecule has 8 nitrogen and oxygen atoms in total. The van der Waals surface area contributed by atoms with Crippen molar-refractivity contribution in [3.8, 4) is 0 Å².